The minimum Gasteiger partial charge on any atom is -0.402 e. The first-order valence-electron chi connectivity index (χ1n) is 12.1. The van der Waals surface area contributed by atoms with E-state index in [-0.39, 0.29) is 16.9 Å². The zero-order valence-corrected chi connectivity index (χ0v) is 22.1. The van der Waals surface area contributed by atoms with Gasteiger partial charge in [-0.2, -0.15) is 0 Å². The van der Waals surface area contributed by atoms with Crippen LogP contribution in [0.5, 0.6) is 0 Å². The van der Waals surface area contributed by atoms with Crippen molar-refractivity contribution in [1.82, 2.24) is 31.2 Å². The molecule has 3 atom stereocenters. The summed E-state index contributed by atoms with van der Waals surface area (Å²) in [7, 11) is 1.58. The predicted octanol–water partition coefficient (Wildman–Crippen LogP) is -1.86. The number of aliphatic imine (C=N–C) groups is 1. The standard InChI is InChI=1S/C20H36ClN15O2/c1-3-4-11(22)9-12(26-2)18(38)35-7-5-20(6-8-35)10-36(25)19(30-20)29-17(37)13-15(31-33-23)28-16(32-34-24)14(21)27-13/h9,13,15,19,27-28,30H,3-8,10,22,25H2,1-2H3,(H2,23,31)(H2,24,32)(H,29,37). The molecular weight excluding hydrogens is 518 g/mol. The molecule has 3 heterocycles. The summed E-state index contributed by atoms with van der Waals surface area (Å²) in [4.78, 5) is 32.0. The number of hydrogen-bond acceptors (Lipinski definition) is 13. The number of halogens is 1. The van der Waals surface area contributed by atoms with Gasteiger partial charge in [-0.1, -0.05) is 35.4 Å². The summed E-state index contributed by atoms with van der Waals surface area (Å²) in [5.41, 5.74) is 6.55. The number of nitrogens with two attached hydrogens (primary N) is 4. The number of hydrogen-bond donors (Lipinski definition) is 8. The second-order valence-electron chi connectivity index (χ2n) is 9.20. The third kappa shape index (κ3) is 6.66. The molecule has 210 valence electrons. The molecule has 3 aliphatic heterocycles. The van der Waals surface area contributed by atoms with Crippen LogP contribution in [0, 0.1) is 0 Å². The van der Waals surface area contributed by atoms with Crippen LogP contribution >= 0.6 is 11.6 Å². The monoisotopic (exact) mass is 553 g/mol. The van der Waals surface area contributed by atoms with E-state index in [1.807, 2.05) is 6.92 Å². The molecule has 0 aromatic carbocycles. The molecule has 0 radical (unpaired) electrons. The SMILES string of the molecule is CCCC(N)=CC(=NC)C(=O)N1CCC2(CC1)CN(N)C(NC(=O)C1NC(Cl)=C(N=NN)NC1N=NN)N2. The fraction of sp³-hybridized carbons (Fsp3) is 0.650. The Morgan fingerprint density at radius 1 is 1.24 bits per heavy atom. The van der Waals surface area contributed by atoms with Crippen molar-refractivity contribution in [1.29, 1.82) is 0 Å². The minimum absolute atomic E-state index is 0.0154. The highest BCUT2D eigenvalue weighted by Gasteiger charge is 2.46. The van der Waals surface area contributed by atoms with E-state index in [4.69, 9.17) is 34.9 Å². The zero-order valence-electron chi connectivity index (χ0n) is 21.4. The van der Waals surface area contributed by atoms with Crippen LogP contribution in [-0.2, 0) is 9.59 Å². The normalized spacial score (nSPS) is 26.7. The molecule has 2 amide bonds. The summed E-state index contributed by atoms with van der Waals surface area (Å²) in [6, 6.07) is -0.988. The number of carbonyl (C=O) groups is 2. The van der Waals surface area contributed by atoms with Crippen LogP contribution in [0.2, 0.25) is 0 Å². The number of amides is 2. The van der Waals surface area contributed by atoms with Gasteiger partial charge in [0.2, 0.25) is 5.91 Å². The lowest BCUT2D eigenvalue weighted by Gasteiger charge is -2.39. The maximum absolute atomic E-state index is 13.1. The van der Waals surface area contributed by atoms with Gasteiger partial charge in [-0.15, -0.1) is 10.2 Å². The summed E-state index contributed by atoms with van der Waals surface area (Å²) >= 11 is 6.15. The number of nitrogens with zero attached hydrogens (tertiary/aromatic N) is 7. The fourth-order valence-electron chi connectivity index (χ4n) is 4.64. The number of rotatable bonds is 8. The summed E-state index contributed by atoms with van der Waals surface area (Å²) in [6.07, 6.45) is 2.86. The number of carbonyl (C=O) groups excluding carboxylic acids is 2. The van der Waals surface area contributed by atoms with Gasteiger partial charge in [0.1, 0.15) is 23.2 Å². The van der Waals surface area contributed by atoms with Crippen molar-refractivity contribution < 1.29 is 9.59 Å². The highest BCUT2D eigenvalue weighted by molar-refractivity contribution is 6.43. The third-order valence-electron chi connectivity index (χ3n) is 6.59. The predicted molar refractivity (Wildman–Crippen MR) is 140 cm³/mol. The van der Waals surface area contributed by atoms with Crippen LogP contribution in [-0.4, -0.2) is 78.2 Å². The van der Waals surface area contributed by atoms with E-state index in [0.29, 0.717) is 50.3 Å². The Labute approximate surface area is 225 Å². The lowest BCUT2D eigenvalue weighted by molar-refractivity contribution is -0.126. The molecule has 12 N–H and O–H groups in total. The van der Waals surface area contributed by atoms with Gasteiger partial charge >= 0.3 is 0 Å². The van der Waals surface area contributed by atoms with E-state index >= 15 is 0 Å². The van der Waals surface area contributed by atoms with E-state index in [2.05, 4.69) is 46.9 Å². The Morgan fingerprint density at radius 3 is 2.55 bits per heavy atom. The van der Waals surface area contributed by atoms with Crippen molar-refractivity contribution in [3.8, 4) is 0 Å². The Bertz CT molecular complexity index is 1030. The number of allylic oxidation sites excluding steroid dienone is 1. The topological polar surface area (TPSA) is 255 Å². The molecule has 17 nitrogen and oxygen atoms in total. The highest BCUT2D eigenvalue weighted by atomic mass is 35.5. The molecular formula is C20H36ClN15O2. The molecule has 3 rings (SSSR count). The maximum Gasteiger partial charge on any atom is 0.272 e. The van der Waals surface area contributed by atoms with Crippen LogP contribution in [0.1, 0.15) is 32.6 Å². The molecule has 3 unspecified atom stereocenters. The van der Waals surface area contributed by atoms with E-state index in [1.54, 1.807) is 18.0 Å². The summed E-state index contributed by atoms with van der Waals surface area (Å²) in [6.45, 7) is 3.46. The van der Waals surface area contributed by atoms with Crippen molar-refractivity contribution >= 4 is 29.1 Å². The lowest BCUT2D eigenvalue weighted by Crippen LogP contribution is -2.63. The Balaban J connectivity index is 1.61. The Kier molecular flexibility index (Phi) is 9.78. The smallest absolute Gasteiger partial charge is 0.272 e. The van der Waals surface area contributed by atoms with Gasteiger partial charge in [-0.25, -0.2) is 5.01 Å². The molecule has 2 saturated heterocycles. The van der Waals surface area contributed by atoms with Gasteiger partial charge in [0.15, 0.2) is 12.0 Å². The van der Waals surface area contributed by atoms with Gasteiger partial charge in [0.25, 0.3) is 5.91 Å². The van der Waals surface area contributed by atoms with E-state index in [9.17, 15) is 9.59 Å². The van der Waals surface area contributed by atoms with Gasteiger partial charge in [0.05, 0.1) is 0 Å². The van der Waals surface area contributed by atoms with Crippen molar-refractivity contribution in [2.24, 2.45) is 48.9 Å². The number of piperidine rings is 1. The average molecular weight is 554 g/mol. The summed E-state index contributed by atoms with van der Waals surface area (Å²) in [5.74, 6) is 16.0. The molecule has 0 saturated carbocycles. The third-order valence-corrected chi connectivity index (χ3v) is 6.88. The number of likely N-dealkylation sites (tertiary alicyclic amines) is 1. The molecule has 0 aromatic heterocycles. The van der Waals surface area contributed by atoms with Gasteiger partial charge in [-0.05, 0) is 25.3 Å². The molecule has 3 aliphatic rings. The molecule has 2 fully saturated rings. The fourth-order valence-corrected chi connectivity index (χ4v) is 4.85. The summed E-state index contributed by atoms with van der Waals surface area (Å²) in [5, 5.41) is 27.3. The lowest BCUT2D eigenvalue weighted by atomic mass is 9.88. The van der Waals surface area contributed by atoms with Gasteiger partial charge in [0, 0.05) is 37.9 Å². The van der Waals surface area contributed by atoms with Crippen LogP contribution in [0.15, 0.2) is 48.4 Å². The van der Waals surface area contributed by atoms with Crippen molar-refractivity contribution in [2.45, 2.75) is 56.6 Å². The van der Waals surface area contributed by atoms with Crippen molar-refractivity contribution in [2.75, 3.05) is 26.7 Å². The molecule has 18 heteroatoms. The van der Waals surface area contributed by atoms with Crippen LogP contribution in [0.4, 0.5) is 0 Å². The van der Waals surface area contributed by atoms with E-state index in [1.165, 1.54) is 5.01 Å². The molecule has 0 aliphatic carbocycles. The number of hydrazine groups is 1. The van der Waals surface area contributed by atoms with E-state index < -0.39 is 29.9 Å². The summed E-state index contributed by atoms with van der Waals surface area (Å²) < 4.78 is 0. The molecule has 1 spiro atoms. The second-order valence-corrected chi connectivity index (χ2v) is 9.58. The van der Waals surface area contributed by atoms with E-state index in [0.717, 1.165) is 6.42 Å². The first-order chi connectivity index (χ1) is 18.2. The van der Waals surface area contributed by atoms with Crippen LogP contribution in [0.3, 0.4) is 0 Å². The van der Waals surface area contributed by atoms with Gasteiger partial charge in [-0.3, -0.25) is 25.7 Å². The maximum atomic E-state index is 13.1. The average Bonchev–Trinajstić information content (AvgIpc) is 3.18. The first kappa shape index (κ1) is 29.0. The van der Waals surface area contributed by atoms with Crippen molar-refractivity contribution in [3.63, 3.8) is 0 Å². The molecule has 0 bridgehead atoms. The van der Waals surface area contributed by atoms with Crippen LogP contribution < -0.4 is 44.5 Å². The minimum atomic E-state index is -0.988. The van der Waals surface area contributed by atoms with Crippen LogP contribution in [0.25, 0.3) is 0 Å². The largest absolute Gasteiger partial charge is 0.402 e. The molecule has 0 aromatic rings. The quantitative estimate of drug-likeness (QED) is 0.0546. The second kappa shape index (κ2) is 12.8. The number of nitrogens with one attached hydrogen (secondary N) is 4. The van der Waals surface area contributed by atoms with Crippen molar-refractivity contribution in [3.05, 3.63) is 22.8 Å². The highest BCUT2D eigenvalue weighted by Crippen LogP contribution is 2.28. The first-order valence-corrected chi connectivity index (χ1v) is 12.5. The Morgan fingerprint density at radius 2 is 1.95 bits per heavy atom. The Hall–Kier alpha value is -3.54. The van der Waals surface area contributed by atoms with Gasteiger partial charge < -0.3 is 38.3 Å². The molecule has 38 heavy (non-hydrogen) atoms. The zero-order chi connectivity index (χ0) is 27.9.